The van der Waals surface area contributed by atoms with Crippen LogP contribution in [0.3, 0.4) is 0 Å². The van der Waals surface area contributed by atoms with Gasteiger partial charge in [-0.05, 0) is 17.5 Å². The number of hydrogen-bond donors (Lipinski definition) is 0. The number of aryl methyl sites for hydroxylation is 1. The number of aromatic nitrogens is 3. The lowest BCUT2D eigenvalue weighted by Gasteiger charge is -2.13. The van der Waals surface area contributed by atoms with Crippen molar-refractivity contribution in [2.24, 2.45) is 14.1 Å². The van der Waals surface area contributed by atoms with Crippen molar-refractivity contribution < 1.29 is 5.48 Å². The van der Waals surface area contributed by atoms with Gasteiger partial charge in [0.2, 0.25) is 0 Å². The molecule has 0 bridgehead atoms. The van der Waals surface area contributed by atoms with Crippen LogP contribution in [0.5, 0.6) is 0 Å². The standard InChI is InChI=1S/C13H11N3O2.H2O/c1-15-10-6-4-3-5-8(10)7-9-11(15)14-13(18)16(2)12(9)17;/h3-7H,1-2H3;1H2. The smallest absolute Gasteiger partial charge is 0.352 e. The van der Waals surface area contributed by atoms with E-state index in [2.05, 4.69) is 4.98 Å². The maximum absolute atomic E-state index is 12.1. The highest BCUT2D eigenvalue weighted by atomic mass is 16.2. The monoisotopic (exact) mass is 259 g/mol. The van der Waals surface area contributed by atoms with E-state index in [1.54, 1.807) is 17.7 Å². The summed E-state index contributed by atoms with van der Waals surface area (Å²) in [5.41, 5.74) is 0.549. The second-order valence-corrected chi connectivity index (χ2v) is 4.26. The van der Waals surface area contributed by atoms with Crippen LogP contribution in [0.25, 0.3) is 22.3 Å². The van der Waals surface area contributed by atoms with Gasteiger partial charge in [0.25, 0.3) is 5.56 Å². The molecular weight excluding hydrogens is 246 g/mol. The van der Waals surface area contributed by atoms with Gasteiger partial charge in [-0.2, -0.15) is 4.98 Å². The van der Waals surface area contributed by atoms with Crippen molar-refractivity contribution in [2.75, 3.05) is 0 Å². The van der Waals surface area contributed by atoms with Gasteiger partial charge in [-0.15, -0.1) is 0 Å². The van der Waals surface area contributed by atoms with Crippen LogP contribution in [0.1, 0.15) is 0 Å². The van der Waals surface area contributed by atoms with Crippen molar-refractivity contribution in [2.45, 2.75) is 0 Å². The molecule has 0 fully saturated rings. The molecule has 6 heteroatoms. The third-order valence-electron chi connectivity index (χ3n) is 3.18. The lowest BCUT2D eigenvalue weighted by atomic mass is 10.1. The summed E-state index contributed by atoms with van der Waals surface area (Å²) >= 11 is 0. The summed E-state index contributed by atoms with van der Waals surface area (Å²) in [4.78, 5) is 27.6. The molecule has 0 aliphatic carbocycles. The molecule has 0 unspecified atom stereocenters. The van der Waals surface area contributed by atoms with Gasteiger partial charge in [-0.3, -0.25) is 9.36 Å². The zero-order valence-corrected chi connectivity index (χ0v) is 10.5. The largest absolute Gasteiger partial charge is 0.412 e. The number of benzene rings is 1. The van der Waals surface area contributed by atoms with E-state index >= 15 is 0 Å². The maximum atomic E-state index is 12.1. The maximum Gasteiger partial charge on any atom is 0.352 e. The molecule has 98 valence electrons. The van der Waals surface area contributed by atoms with Crippen LogP contribution in [0, 0.1) is 0 Å². The molecule has 0 saturated carbocycles. The van der Waals surface area contributed by atoms with Crippen molar-refractivity contribution in [1.82, 2.24) is 14.1 Å². The molecule has 2 N–H and O–H groups in total. The topological polar surface area (TPSA) is 88.4 Å². The van der Waals surface area contributed by atoms with Crippen molar-refractivity contribution in [3.8, 4) is 11.4 Å². The second kappa shape index (κ2) is 4.33. The zero-order valence-electron chi connectivity index (χ0n) is 10.5. The number of pyridine rings is 1. The molecule has 19 heavy (non-hydrogen) atoms. The molecule has 0 saturated heterocycles. The summed E-state index contributed by atoms with van der Waals surface area (Å²) in [7, 11) is 3.24. The molecule has 2 heterocycles. The molecular formula is C13H13N3O3. The normalized spacial score (nSPS) is 10.6. The Balaban J connectivity index is 0.00000133. The third kappa shape index (κ3) is 1.73. The molecule has 2 aliphatic heterocycles. The fraction of sp³-hybridized carbons (Fsp3) is 0.154. The minimum Gasteiger partial charge on any atom is -0.412 e. The van der Waals surface area contributed by atoms with Gasteiger partial charge in [0.15, 0.2) is 5.82 Å². The van der Waals surface area contributed by atoms with Gasteiger partial charge in [-0.25, -0.2) is 4.79 Å². The third-order valence-corrected chi connectivity index (χ3v) is 3.18. The summed E-state index contributed by atoms with van der Waals surface area (Å²) in [5, 5.41) is 0.949. The Labute approximate surface area is 108 Å². The Hall–Kier alpha value is -2.47. The minimum absolute atomic E-state index is 0. The summed E-state index contributed by atoms with van der Waals surface area (Å²) in [6.07, 6.45) is 0. The van der Waals surface area contributed by atoms with E-state index in [-0.39, 0.29) is 11.0 Å². The van der Waals surface area contributed by atoms with Gasteiger partial charge in [-0.1, -0.05) is 18.2 Å². The Morgan fingerprint density at radius 3 is 2.47 bits per heavy atom. The minimum atomic E-state index is -0.529. The quantitative estimate of drug-likeness (QED) is 0.528. The lowest BCUT2D eigenvalue weighted by Crippen LogP contribution is -2.35. The van der Waals surface area contributed by atoms with Gasteiger partial charge < -0.3 is 10.0 Å². The molecule has 3 rings (SSSR count). The first kappa shape index (κ1) is 13.0. The van der Waals surface area contributed by atoms with Gasteiger partial charge >= 0.3 is 5.69 Å². The zero-order chi connectivity index (χ0) is 12.9. The van der Waals surface area contributed by atoms with Crippen LogP contribution in [-0.2, 0) is 14.1 Å². The Morgan fingerprint density at radius 1 is 1.05 bits per heavy atom. The average molecular weight is 259 g/mol. The molecule has 0 spiro atoms. The average Bonchev–Trinajstić information content (AvgIpc) is 2.38. The number of para-hydroxylation sites is 1. The molecule has 0 radical (unpaired) electrons. The molecule has 1 aromatic carbocycles. The number of nitrogens with zero attached hydrogens (tertiary/aromatic N) is 3. The van der Waals surface area contributed by atoms with E-state index in [1.807, 2.05) is 24.3 Å². The first-order chi connectivity index (χ1) is 8.59. The van der Waals surface area contributed by atoms with E-state index in [0.717, 1.165) is 15.5 Å². The van der Waals surface area contributed by atoms with Crippen LogP contribution < -0.4 is 11.2 Å². The number of rotatable bonds is 0. The summed E-state index contributed by atoms with van der Waals surface area (Å²) in [6, 6.07) is 9.46. The van der Waals surface area contributed by atoms with Gasteiger partial charge in [0, 0.05) is 19.6 Å². The highest BCUT2D eigenvalue weighted by Crippen LogP contribution is 2.21. The molecule has 2 aliphatic rings. The first-order valence-corrected chi connectivity index (χ1v) is 5.55. The first-order valence-electron chi connectivity index (χ1n) is 5.55. The van der Waals surface area contributed by atoms with E-state index in [4.69, 9.17) is 0 Å². The van der Waals surface area contributed by atoms with Crippen LogP contribution in [0.4, 0.5) is 0 Å². The van der Waals surface area contributed by atoms with Crippen LogP contribution >= 0.6 is 0 Å². The second-order valence-electron chi connectivity index (χ2n) is 4.26. The molecule has 1 aromatic rings. The van der Waals surface area contributed by atoms with Crippen molar-refractivity contribution in [1.29, 1.82) is 0 Å². The summed E-state index contributed by atoms with van der Waals surface area (Å²) < 4.78 is 2.80. The van der Waals surface area contributed by atoms with Gasteiger partial charge in [0.1, 0.15) is 0 Å². The summed E-state index contributed by atoms with van der Waals surface area (Å²) in [6.45, 7) is 0. The number of hydrogen-bond acceptors (Lipinski definition) is 3. The van der Waals surface area contributed by atoms with Crippen LogP contribution in [0.2, 0.25) is 0 Å². The fourth-order valence-electron chi connectivity index (χ4n) is 2.16. The lowest BCUT2D eigenvalue weighted by molar-refractivity contribution is 0.757. The highest BCUT2D eigenvalue weighted by molar-refractivity contribution is 5.85. The summed E-state index contributed by atoms with van der Waals surface area (Å²) in [5.74, 6) is 0.418. The molecule has 0 atom stereocenters. The van der Waals surface area contributed by atoms with Crippen LogP contribution in [0.15, 0.2) is 39.9 Å². The van der Waals surface area contributed by atoms with E-state index in [9.17, 15) is 9.59 Å². The fourth-order valence-corrected chi connectivity index (χ4v) is 2.16. The highest BCUT2D eigenvalue weighted by Gasteiger charge is 2.16. The van der Waals surface area contributed by atoms with Crippen molar-refractivity contribution >= 4 is 10.9 Å². The SMILES string of the molecule is Cn1c(=O)nc2n(C)c3ccccc3cc-2c1=O.O. The predicted molar refractivity (Wildman–Crippen MR) is 72.5 cm³/mol. The number of fused-ring (bicyclic) bond motifs is 2. The Kier molecular flexibility index (Phi) is 2.95. The van der Waals surface area contributed by atoms with Crippen molar-refractivity contribution in [3.63, 3.8) is 0 Å². The van der Waals surface area contributed by atoms with Gasteiger partial charge in [0.05, 0.1) is 5.56 Å². The molecule has 0 aromatic heterocycles. The van der Waals surface area contributed by atoms with E-state index in [1.165, 1.54) is 7.05 Å². The van der Waals surface area contributed by atoms with Crippen LogP contribution in [-0.4, -0.2) is 19.6 Å². The van der Waals surface area contributed by atoms with Crippen molar-refractivity contribution in [3.05, 3.63) is 51.2 Å². The molecule has 6 nitrogen and oxygen atoms in total. The Bertz CT molecular complexity index is 848. The molecule has 0 amide bonds. The predicted octanol–water partition coefficient (Wildman–Crippen LogP) is -0.0877. The van der Waals surface area contributed by atoms with E-state index in [0.29, 0.717) is 11.4 Å². The van der Waals surface area contributed by atoms with E-state index < -0.39 is 5.69 Å². The Morgan fingerprint density at radius 2 is 1.74 bits per heavy atom.